The minimum atomic E-state index is -0.0148. The van der Waals surface area contributed by atoms with E-state index in [-0.39, 0.29) is 17.7 Å². The van der Waals surface area contributed by atoms with E-state index < -0.39 is 0 Å². The summed E-state index contributed by atoms with van der Waals surface area (Å²) >= 11 is 1.32. The van der Waals surface area contributed by atoms with E-state index in [1.165, 1.54) is 23.4 Å². The van der Waals surface area contributed by atoms with Gasteiger partial charge in [-0.25, -0.2) is 4.68 Å². The second-order valence-electron chi connectivity index (χ2n) is 5.63. The molecule has 1 N–H and O–H groups in total. The minimum Gasteiger partial charge on any atom is -0.354 e. The fourth-order valence-electron chi connectivity index (χ4n) is 2.22. The normalized spacial score (nSPS) is 12.0. The number of nitrogens with one attached hydrogen (secondary N) is 1. The number of amides is 1. The highest BCUT2D eigenvalue weighted by Crippen LogP contribution is 2.16. The Balaban J connectivity index is 1.83. The molecule has 1 aromatic heterocycles. The summed E-state index contributed by atoms with van der Waals surface area (Å²) in [5.74, 6) is 0.327. The van der Waals surface area contributed by atoms with Crippen molar-refractivity contribution < 1.29 is 9.59 Å². The van der Waals surface area contributed by atoms with Crippen LogP contribution >= 0.6 is 11.8 Å². The molecule has 0 saturated carbocycles. The van der Waals surface area contributed by atoms with Crippen LogP contribution in [-0.4, -0.2) is 43.7 Å². The fourth-order valence-corrected chi connectivity index (χ4v) is 2.96. The van der Waals surface area contributed by atoms with Crippen molar-refractivity contribution in [1.82, 2.24) is 25.5 Å². The van der Waals surface area contributed by atoms with Crippen LogP contribution in [0.5, 0.6) is 0 Å². The molecule has 0 fully saturated rings. The quantitative estimate of drug-likeness (QED) is 0.577. The number of ketones is 1. The summed E-state index contributed by atoms with van der Waals surface area (Å²) in [7, 11) is 1.74. The molecule has 128 valence electrons. The number of Topliss-reactive ketones (excluding diaryl/α,β-unsaturated/α-hetero) is 1. The molecule has 2 aromatic rings. The predicted molar refractivity (Wildman–Crippen MR) is 91.9 cm³/mol. The molecule has 0 saturated heterocycles. The van der Waals surface area contributed by atoms with Gasteiger partial charge >= 0.3 is 0 Å². The molecular formula is C16H21N5O2S. The Hall–Kier alpha value is -2.22. The minimum absolute atomic E-state index is 0.0148. The van der Waals surface area contributed by atoms with Gasteiger partial charge in [-0.05, 0) is 35.8 Å². The molecule has 2 rings (SSSR count). The lowest BCUT2D eigenvalue weighted by molar-refractivity contribution is -0.119. The molecule has 8 heteroatoms. The van der Waals surface area contributed by atoms with Crippen LogP contribution in [0.1, 0.15) is 36.2 Å². The number of hydrogen-bond donors (Lipinski definition) is 1. The first kappa shape index (κ1) is 18.1. The predicted octanol–water partition coefficient (Wildman–Crippen LogP) is 1.64. The highest BCUT2D eigenvalue weighted by atomic mass is 32.2. The molecule has 7 nitrogen and oxygen atoms in total. The first-order valence-electron chi connectivity index (χ1n) is 7.70. The van der Waals surface area contributed by atoms with E-state index in [1.807, 2.05) is 31.2 Å². The van der Waals surface area contributed by atoms with E-state index in [9.17, 15) is 9.59 Å². The van der Waals surface area contributed by atoms with Crippen molar-refractivity contribution in [3.8, 4) is 0 Å². The first-order valence-corrected chi connectivity index (χ1v) is 8.68. The summed E-state index contributed by atoms with van der Waals surface area (Å²) < 4.78 is 1.54. The second-order valence-corrected chi connectivity index (χ2v) is 6.58. The Bertz CT molecular complexity index is 699. The number of carbonyl (C=O) groups is 2. The summed E-state index contributed by atoms with van der Waals surface area (Å²) in [4.78, 5) is 23.2. The molecule has 0 aliphatic carbocycles. The number of carbonyl (C=O) groups excluding carboxylic acids is 2. The zero-order chi connectivity index (χ0) is 17.5. The van der Waals surface area contributed by atoms with Crippen molar-refractivity contribution in [3.63, 3.8) is 0 Å². The summed E-state index contributed by atoms with van der Waals surface area (Å²) in [6.07, 6.45) is 1.72. The number of nitrogens with zero attached hydrogens (tertiary/aromatic N) is 4. The molecule has 0 aliphatic heterocycles. The van der Waals surface area contributed by atoms with Crippen LogP contribution in [0.2, 0.25) is 0 Å². The highest BCUT2D eigenvalue weighted by Gasteiger charge is 2.10. The average Bonchev–Trinajstić information content (AvgIpc) is 2.95. The van der Waals surface area contributed by atoms with Gasteiger partial charge in [0, 0.05) is 25.6 Å². The van der Waals surface area contributed by atoms with Gasteiger partial charge in [0.25, 0.3) is 0 Å². The largest absolute Gasteiger partial charge is 0.354 e. The Morgan fingerprint density at radius 3 is 2.58 bits per heavy atom. The van der Waals surface area contributed by atoms with Gasteiger partial charge in [-0.2, -0.15) is 0 Å². The van der Waals surface area contributed by atoms with Gasteiger partial charge in [0.2, 0.25) is 11.1 Å². The maximum Gasteiger partial charge on any atom is 0.217 e. The van der Waals surface area contributed by atoms with Crippen LogP contribution in [0.25, 0.3) is 0 Å². The van der Waals surface area contributed by atoms with Gasteiger partial charge in [-0.1, -0.05) is 36.0 Å². The van der Waals surface area contributed by atoms with Gasteiger partial charge in [0.1, 0.15) is 0 Å². The van der Waals surface area contributed by atoms with E-state index in [0.717, 1.165) is 18.4 Å². The molecule has 1 amide bonds. The molecule has 1 heterocycles. The smallest absolute Gasteiger partial charge is 0.217 e. The maximum atomic E-state index is 12.2. The van der Waals surface area contributed by atoms with Crippen LogP contribution in [-0.2, 0) is 18.3 Å². The SMILES string of the molecule is CC(=O)NC(C)CCc1ccc(C(=O)CSc2nnnn2C)cc1. The zero-order valence-electron chi connectivity index (χ0n) is 14.0. The lowest BCUT2D eigenvalue weighted by atomic mass is 10.0. The monoisotopic (exact) mass is 347 g/mol. The molecule has 0 radical (unpaired) electrons. The molecule has 1 atom stereocenters. The number of aromatic nitrogens is 4. The summed E-state index contributed by atoms with van der Waals surface area (Å²) in [5.41, 5.74) is 1.82. The fraction of sp³-hybridized carbons (Fsp3) is 0.438. The van der Waals surface area contributed by atoms with Crippen molar-refractivity contribution in [2.45, 2.75) is 37.9 Å². The van der Waals surface area contributed by atoms with Gasteiger partial charge in [-0.3, -0.25) is 9.59 Å². The number of thioether (sulfide) groups is 1. The van der Waals surface area contributed by atoms with Crippen LogP contribution in [0.3, 0.4) is 0 Å². The average molecular weight is 347 g/mol. The van der Waals surface area contributed by atoms with Gasteiger partial charge in [0.05, 0.1) is 5.75 Å². The van der Waals surface area contributed by atoms with Crippen molar-refractivity contribution >= 4 is 23.5 Å². The van der Waals surface area contributed by atoms with E-state index >= 15 is 0 Å². The molecule has 1 aromatic carbocycles. The standard InChI is InChI=1S/C16H21N5O2S/c1-11(17-12(2)22)4-5-13-6-8-14(9-7-13)15(23)10-24-16-18-19-20-21(16)3/h6-9,11H,4-5,10H2,1-3H3,(H,17,22). The van der Waals surface area contributed by atoms with E-state index in [4.69, 9.17) is 0 Å². The van der Waals surface area contributed by atoms with Crippen LogP contribution in [0.15, 0.2) is 29.4 Å². The van der Waals surface area contributed by atoms with Crippen molar-refractivity contribution in [3.05, 3.63) is 35.4 Å². The van der Waals surface area contributed by atoms with Gasteiger partial charge in [-0.15, -0.1) is 5.10 Å². The number of tetrazole rings is 1. The molecule has 0 aliphatic rings. The highest BCUT2D eigenvalue weighted by molar-refractivity contribution is 7.99. The number of rotatable bonds is 8. The Morgan fingerprint density at radius 1 is 1.29 bits per heavy atom. The number of aryl methyl sites for hydroxylation is 2. The summed E-state index contributed by atoms with van der Waals surface area (Å²) in [5, 5.41) is 14.6. The summed E-state index contributed by atoms with van der Waals surface area (Å²) in [6.45, 7) is 3.50. The molecule has 0 bridgehead atoms. The zero-order valence-corrected chi connectivity index (χ0v) is 14.8. The second kappa shape index (κ2) is 8.58. The van der Waals surface area contributed by atoms with Gasteiger partial charge < -0.3 is 5.32 Å². The van der Waals surface area contributed by atoms with Crippen molar-refractivity contribution in [1.29, 1.82) is 0 Å². The third kappa shape index (κ3) is 5.45. The Labute approximate surface area is 145 Å². The maximum absolute atomic E-state index is 12.2. The van der Waals surface area contributed by atoms with E-state index in [1.54, 1.807) is 7.05 Å². The third-order valence-corrected chi connectivity index (χ3v) is 4.52. The Kier molecular flexibility index (Phi) is 6.48. The summed E-state index contributed by atoms with van der Waals surface area (Å²) in [6, 6.07) is 7.75. The van der Waals surface area contributed by atoms with Gasteiger partial charge in [0.15, 0.2) is 5.78 Å². The Morgan fingerprint density at radius 2 is 2.00 bits per heavy atom. The lowest BCUT2D eigenvalue weighted by Crippen LogP contribution is -2.30. The topological polar surface area (TPSA) is 89.8 Å². The first-order chi connectivity index (χ1) is 11.5. The van der Waals surface area contributed by atoms with E-state index in [2.05, 4.69) is 20.8 Å². The molecule has 24 heavy (non-hydrogen) atoms. The lowest BCUT2D eigenvalue weighted by Gasteiger charge is -2.12. The van der Waals surface area contributed by atoms with Crippen molar-refractivity contribution in [2.75, 3.05) is 5.75 Å². The van der Waals surface area contributed by atoms with Crippen LogP contribution < -0.4 is 5.32 Å². The third-order valence-electron chi connectivity index (χ3n) is 3.51. The van der Waals surface area contributed by atoms with E-state index in [0.29, 0.717) is 16.5 Å². The number of benzene rings is 1. The van der Waals surface area contributed by atoms with Crippen LogP contribution in [0.4, 0.5) is 0 Å². The molecule has 1 unspecified atom stereocenters. The van der Waals surface area contributed by atoms with Crippen molar-refractivity contribution in [2.24, 2.45) is 7.05 Å². The molecule has 0 spiro atoms. The molecular weight excluding hydrogens is 326 g/mol. The number of hydrogen-bond acceptors (Lipinski definition) is 6. The van der Waals surface area contributed by atoms with Crippen LogP contribution in [0, 0.1) is 0 Å².